The van der Waals surface area contributed by atoms with Gasteiger partial charge in [-0.25, -0.2) is 0 Å². The van der Waals surface area contributed by atoms with E-state index in [9.17, 15) is 0 Å². The predicted octanol–water partition coefficient (Wildman–Crippen LogP) is 6.40. The molecule has 0 heterocycles. The topological polar surface area (TPSA) is 0 Å². The summed E-state index contributed by atoms with van der Waals surface area (Å²) >= 11 is 14.1. The summed E-state index contributed by atoms with van der Waals surface area (Å²) in [5.41, 5.74) is 2.31. The van der Waals surface area contributed by atoms with Crippen LogP contribution in [0.25, 0.3) is 11.1 Å². The van der Waals surface area contributed by atoms with Gasteiger partial charge in [0.2, 0.25) is 0 Å². The van der Waals surface area contributed by atoms with Gasteiger partial charge >= 0.3 is 0 Å². The molecule has 0 spiro atoms. The molecule has 0 atom stereocenters. The van der Waals surface area contributed by atoms with Gasteiger partial charge in [0.25, 0.3) is 0 Å². The maximum Gasteiger partial charge on any atom is 0.0254 e. The molecule has 0 aliphatic rings. The molecule has 0 nitrogen and oxygen atoms in total. The van der Waals surface area contributed by atoms with E-state index in [-0.39, 0.29) is 0 Å². The number of rotatable bonds is 1. The highest BCUT2D eigenvalue weighted by molar-refractivity contribution is 9.11. The minimum absolute atomic E-state index is 1.07. The van der Waals surface area contributed by atoms with Crippen LogP contribution in [0.5, 0.6) is 0 Å². The van der Waals surface area contributed by atoms with Crippen LogP contribution in [0.3, 0.4) is 0 Å². The number of hydrogen-bond donors (Lipinski definition) is 0. The zero-order valence-corrected chi connectivity index (χ0v) is 14.3. The Kier molecular flexibility index (Phi) is 4.27. The van der Waals surface area contributed by atoms with Gasteiger partial charge < -0.3 is 0 Å². The van der Waals surface area contributed by atoms with Gasteiger partial charge in [0.1, 0.15) is 0 Å². The molecule has 0 amide bonds. The van der Waals surface area contributed by atoms with Gasteiger partial charge in [-0.3, -0.25) is 0 Å². The van der Waals surface area contributed by atoms with Crippen LogP contribution >= 0.6 is 63.7 Å². The van der Waals surface area contributed by atoms with E-state index >= 15 is 0 Å². The number of benzene rings is 2. The third kappa shape index (κ3) is 2.78. The Balaban J connectivity index is 2.66. The monoisotopic (exact) mass is 466 g/mol. The molecule has 4 heteroatoms. The Bertz CT molecular complexity index is 485. The first-order valence-electron chi connectivity index (χ1n) is 4.48. The van der Waals surface area contributed by atoms with Gasteiger partial charge in [-0.2, -0.15) is 0 Å². The first kappa shape index (κ1) is 12.8. The Hall–Kier alpha value is 0.360. The fourth-order valence-corrected chi connectivity index (χ4v) is 3.05. The molecule has 82 valence electrons. The summed E-state index contributed by atoms with van der Waals surface area (Å²) in [7, 11) is 0. The summed E-state index contributed by atoms with van der Waals surface area (Å²) in [6, 6.07) is 12.3. The van der Waals surface area contributed by atoms with Crippen molar-refractivity contribution < 1.29 is 0 Å². The average molecular weight is 470 g/mol. The van der Waals surface area contributed by atoms with E-state index < -0.39 is 0 Å². The van der Waals surface area contributed by atoms with Crippen molar-refractivity contribution >= 4 is 63.7 Å². The molecular formula is C12H6Br4. The van der Waals surface area contributed by atoms with Crippen LogP contribution in [0.15, 0.2) is 54.3 Å². The van der Waals surface area contributed by atoms with E-state index in [1.807, 2.05) is 24.3 Å². The highest BCUT2D eigenvalue weighted by Gasteiger charge is 2.08. The van der Waals surface area contributed by atoms with Gasteiger partial charge in [0.15, 0.2) is 0 Å². The van der Waals surface area contributed by atoms with Crippen molar-refractivity contribution in [1.82, 2.24) is 0 Å². The van der Waals surface area contributed by atoms with Gasteiger partial charge in [-0.05, 0) is 47.5 Å². The lowest BCUT2D eigenvalue weighted by molar-refractivity contribution is 1.52. The van der Waals surface area contributed by atoms with Gasteiger partial charge in [0.05, 0.1) is 0 Å². The lowest BCUT2D eigenvalue weighted by Gasteiger charge is -2.08. The molecule has 0 aliphatic heterocycles. The van der Waals surface area contributed by atoms with Crippen LogP contribution < -0.4 is 0 Å². The van der Waals surface area contributed by atoms with Crippen molar-refractivity contribution in [3.63, 3.8) is 0 Å². The molecule has 0 saturated carbocycles. The van der Waals surface area contributed by atoms with Gasteiger partial charge in [-0.1, -0.05) is 63.7 Å². The summed E-state index contributed by atoms with van der Waals surface area (Å²) in [6.45, 7) is 0. The summed E-state index contributed by atoms with van der Waals surface area (Å²) in [4.78, 5) is 0. The first-order chi connectivity index (χ1) is 7.58. The number of halogens is 4. The normalized spacial score (nSPS) is 10.5. The molecular weight excluding hydrogens is 464 g/mol. The van der Waals surface area contributed by atoms with Crippen LogP contribution in [0, 0.1) is 0 Å². The van der Waals surface area contributed by atoms with Gasteiger partial charge in [-0.15, -0.1) is 0 Å². The lowest BCUT2D eigenvalue weighted by atomic mass is 10.1. The molecule has 0 radical (unpaired) electrons. The maximum absolute atomic E-state index is 3.57. The average Bonchev–Trinajstić information content (AvgIpc) is 2.25. The molecule has 0 bridgehead atoms. The Morgan fingerprint density at radius 2 is 0.938 bits per heavy atom. The molecule has 0 unspecified atom stereocenters. The summed E-state index contributed by atoms with van der Waals surface area (Å²) in [6.07, 6.45) is 0. The quantitative estimate of drug-likeness (QED) is 0.453. The standard InChI is InChI=1S/C12H6Br4/c13-7-1-3-11(15)9(5-7)10-6-8(14)2-4-12(10)16/h1-6H. The van der Waals surface area contributed by atoms with Crippen LogP contribution in [0.2, 0.25) is 0 Å². The van der Waals surface area contributed by atoms with E-state index in [0.717, 1.165) is 29.0 Å². The van der Waals surface area contributed by atoms with E-state index in [0.29, 0.717) is 0 Å². The second-order valence-electron chi connectivity index (χ2n) is 3.25. The summed E-state index contributed by atoms with van der Waals surface area (Å²) in [5, 5.41) is 0. The highest BCUT2D eigenvalue weighted by Crippen LogP contribution is 2.36. The molecule has 0 saturated heterocycles. The fourth-order valence-electron chi connectivity index (χ4n) is 1.41. The molecule has 0 aliphatic carbocycles. The summed E-state index contributed by atoms with van der Waals surface area (Å²) in [5.74, 6) is 0. The predicted molar refractivity (Wildman–Crippen MR) is 82.7 cm³/mol. The Labute approximate surface area is 128 Å². The van der Waals surface area contributed by atoms with Crippen LogP contribution in [-0.4, -0.2) is 0 Å². The smallest absolute Gasteiger partial charge is 0.0254 e. The molecule has 0 fully saturated rings. The first-order valence-corrected chi connectivity index (χ1v) is 7.65. The maximum atomic E-state index is 3.57. The van der Waals surface area contributed by atoms with Crippen LogP contribution in [-0.2, 0) is 0 Å². The molecule has 16 heavy (non-hydrogen) atoms. The third-order valence-electron chi connectivity index (χ3n) is 2.15. The lowest BCUT2D eigenvalue weighted by Crippen LogP contribution is -1.82. The molecule has 2 aromatic rings. The van der Waals surface area contributed by atoms with Crippen molar-refractivity contribution in [2.75, 3.05) is 0 Å². The minimum atomic E-state index is 1.07. The second-order valence-corrected chi connectivity index (χ2v) is 6.79. The van der Waals surface area contributed by atoms with Crippen molar-refractivity contribution in [3.05, 3.63) is 54.3 Å². The number of hydrogen-bond acceptors (Lipinski definition) is 0. The highest BCUT2D eigenvalue weighted by atomic mass is 79.9. The van der Waals surface area contributed by atoms with Crippen LogP contribution in [0.1, 0.15) is 0 Å². The minimum Gasteiger partial charge on any atom is -0.0508 e. The van der Waals surface area contributed by atoms with Crippen molar-refractivity contribution in [2.24, 2.45) is 0 Å². The third-order valence-corrected chi connectivity index (χ3v) is 4.52. The van der Waals surface area contributed by atoms with E-state index in [1.54, 1.807) is 0 Å². The van der Waals surface area contributed by atoms with Gasteiger partial charge in [0, 0.05) is 17.9 Å². The largest absolute Gasteiger partial charge is 0.0508 e. The molecule has 2 aromatic carbocycles. The molecule has 0 N–H and O–H groups in total. The van der Waals surface area contributed by atoms with Crippen molar-refractivity contribution in [2.45, 2.75) is 0 Å². The zero-order valence-electron chi connectivity index (χ0n) is 7.98. The van der Waals surface area contributed by atoms with Crippen molar-refractivity contribution in [1.29, 1.82) is 0 Å². The molecule has 2 rings (SSSR count). The Morgan fingerprint density at radius 3 is 1.31 bits per heavy atom. The van der Waals surface area contributed by atoms with E-state index in [4.69, 9.17) is 0 Å². The van der Waals surface area contributed by atoms with E-state index in [2.05, 4.69) is 75.9 Å². The SMILES string of the molecule is Brc1ccc(Br)c(-c2cc(Br)ccc2Br)c1. The summed E-state index contributed by atoms with van der Waals surface area (Å²) < 4.78 is 4.29. The molecule has 0 aromatic heterocycles. The zero-order chi connectivity index (χ0) is 11.7. The second kappa shape index (κ2) is 5.34. The van der Waals surface area contributed by atoms with Crippen molar-refractivity contribution in [3.8, 4) is 11.1 Å². The van der Waals surface area contributed by atoms with E-state index in [1.165, 1.54) is 0 Å². The van der Waals surface area contributed by atoms with Crippen LogP contribution in [0.4, 0.5) is 0 Å². The fraction of sp³-hybridized carbons (Fsp3) is 0. The Morgan fingerprint density at radius 1 is 0.562 bits per heavy atom.